The van der Waals surface area contributed by atoms with Gasteiger partial charge in [0, 0.05) is 0 Å². The van der Waals surface area contributed by atoms with Gasteiger partial charge in [-0.15, -0.1) is 0 Å². The van der Waals surface area contributed by atoms with Crippen LogP contribution in [-0.2, 0) is 33.3 Å². The predicted octanol–water partition coefficient (Wildman–Crippen LogP) is 0.907. The summed E-state index contributed by atoms with van der Waals surface area (Å²) in [7, 11) is -2.49. The van der Waals surface area contributed by atoms with Crippen molar-refractivity contribution in [3.05, 3.63) is 29.8 Å². The Morgan fingerprint density at radius 2 is 1.59 bits per heavy atom. The van der Waals surface area contributed by atoms with E-state index in [9.17, 15) is 13.2 Å². The van der Waals surface area contributed by atoms with Crippen LogP contribution in [0.15, 0.2) is 29.2 Å². The van der Waals surface area contributed by atoms with Crippen molar-refractivity contribution in [1.82, 2.24) is 0 Å². The average molecular weight is 332 g/mol. The molecule has 0 radical (unpaired) electrons. The second-order valence-electron chi connectivity index (χ2n) is 4.33. The molecule has 0 atom stereocenters. The van der Waals surface area contributed by atoms with Crippen LogP contribution >= 0.6 is 0 Å². The average Bonchev–Trinajstić information content (AvgIpc) is 2.50. The molecular formula is C14H20O7S. The van der Waals surface area contributed by atoms with Crippen LogP contribution in [0.3, 0.4) is 0 Å². The molecule has 0 spiro atoms. The summed E-state index contributed by atoms with van der Waals surface area (Å²) >= 11 is 0. The van der Waals surface area contributed by atoms with E-state index in [2.05, 4.69) is 4.74 Å². The Morgan fingerprint density at radius 1 is 1.00 bits per heavy atom. The number of ether oxygens (including phenoxy) is 3. The Balaban J connectivity index is 2.16. The molecule has 0 amide bonds. The van der Waals surface area contributed by atoms with Crippen LogP contribution in [-0.4, -0.2) is 54.5 Å². The summed E-state index contributed by atoms with van der Waals surface area (Å²) in [5.41, 5.74) is 0.967. The molecule has 0 bridgehead atoms. The Kier molecular flexibility index (Phi) is 8.03. The summed E-state index contributed by atoms with van der Waals surface area (Å²) in [6.07, 6.45) is 0. The van der Waals surface area contributed by atoms with Gasteiger partial charge in [0.2, 0.25) is 0 Å². The van der Waals surface area contributed by atoms with E-state index in [-0.39, 0.29) is 37.9 Å². The van der Waals surface area contributed by atoms with Crippen LogP contribution < -0.4 is 0 Å². The third-order valence-corrected chi connectivity index (χ3v) is 3.92. The lowest BCUT2D eigenvalue weighted by atomic mass is 10.2. The molecule has 22 heavy (non-hydrogen) atoms. The van der Waals surface area contributed by atoms with E-state index in [0.717, 1.165) is 5.56 Å². The van der Waals surface area contributed by atoms with Gasteiger partial charge in [-0.25, -0.2) is 4.79 Å². The van der Waals surface area contributed by atoms with Gasteiger partial charge in [0.05, 0.1) is 38.4 Å². The number of aryl methyl sites for hydroxylation is 1. The van der Waals surface area contributed by atoms with E-state index in [1.165, 1.54) is 19.2 Å². The second-order valence-corrected chi connectivity index (χ2v) is 5.95. The molecule has 1 aromatic carbocycles. The molecule has 0 heterocycles. The van der Waals surface area contributed by atoms with Crippen molar-refractivity contribution >= 4 is 16.1 Å². The van der Waals surface area contributed by atoms with Gasteiger partial charge in [-0.2, -0.15) is 8.42 Å². The lowest BCUT2D eigenvalue weighted by Crippen LogP contribution is -2.16. The molecule has 1 aromatic rings. The van der Waals surface area contributed by atoms with Gasteiger partial charge in [0.15, 0.2) is 0 Å². The maximum absolute atomic E-state index is 11.8. The summed E-state index contributed by atoms with van der Waals surface area (Å²) < 4.78 is 43.0. The van der Waals surface area contributed by atoms with Gasteiger partial charge in [0.25, 0.3) is 10.1 Å². The summed E-state index contributed by atoms with van der Waals surface area (Å²) in [6, 6.07) is 6.38. The minimum atomic E-state index is -3.76. The number of methoxy groups -OCH3 is 1. The first-order valence-electron chi connectivity index (χ1n) is 6.64. The van der Waals surface area contributed by atoms with Crippen LogP contribution in [0.5, 0.6) is 0 Å². The topological polar surface area (TPSA) is 88.1 Å². The molecular weight excluding hydrogens is 312 g/mol. The van der Waals surface area contributed by atoms with Gasteiger partial charge < -0.3 is 14.2 Å². The maximum atomic E-state index is 11.8. The molecule has 0 saturated heterocycles. The van der Waals surface area contributed by atoms with E-state index in [0.29, 0.717) is 0 Å². The van der Waals surface area contributed by atoms with Crippen molar-refractivity contribution in [2.24, 2.45) is 0 Å². The molecule has 0 aliphatic carbocycles. The molecule has 1 rings (SSSR count). The highest BCUT2D eigenvalue weighted by atomic mass is 32.2. The number of esters is 1. The zero-order valence-electron chi connectivity index (χ0n) is 12.6. The number of hydrogen-bond acceptors (Lipinski definition) is 7. The Morgan fingerprint density at radius 3 is 2.23 bits per heavy atom. The van der Waals surface area contributed by atoms with E-state index in [1.54, 1.807) is 12.1 Å². The summed E-state index contributed by atoms with van der Waals surface area (Å²) in [4.78, 5) is 10.8. The quantitative estimate of drug-likeness (QED) is 0.357. The molecule has 0 aliphatic rings. The Bertz CT molecular complexity index is 551. The summed E-state index contributed by atoms with van der Waals surface area (Å²) in [6.45, 7) is 2.18. The first-order chi connectivity index (χ1) is 10.5. The molecule has 0 aromatic heterocycles. The van der Waals surface area contributed by atoms with Gasteiger partial charge in [-0.3, -0.25) is 4.18 Å². The fraction of sp³-hybridized carbons (Fsp3) is 0.500. The van der Waals surface area contributed by atoms with Gasteiger partial charge in [-0.05, 0) is 19.1 Å². The molecule has 7 nitrogen and oxygen atoms in total. The van der Waals surface area contributed by atoms with E-state index in [1.807, 2.05) is 6.92 Å². The van der Waals surface area contributed by atoms with E-state index in [4.69, 9.17) is 13.7 Å². The van der Waals surface area contributed by atoms with Crippen LogP contribution in [0.4, 0.5) is 0 Å². The van der Waals surface area contributed by atoms with Crippen LogP contribution in [0.1, 0.15) is 5.56 Å². The minimum absolute atomic E-state index is 0.0901. The van der Waals surface area contributed by atoms with Gasteiger partial charge in [-0.1, -0.05) is 17.7 Å². The van der Waals surface area contributed by atoms with Crippen LogP contribution in [0.2, 0.25) is 0 Å². The number of benzene rings is 1. The standard InChI is InChI=1S/C14H20O7S/c1-12-3-5-13(6-4-12)22(16,17)21-10-9-19-7-8-20-11-14(15)18-2/h3-6H,7-11H2,1-2H3. The molecule has 0 fully saturated rings. The maximum Gasteiger partial charge on any atom is 0.331 e. The van der Waals surface area contributed by atoms with Crippen LogP contribution in [0.25, 0.3) is 0 Å². The lowest BCUT2D eigenvalue weighted by Gasteiger charge is -2.07. The van der Waals surface area contributed by atoms with E-state index >= 15 is 0 Å². The highest BCUT2D eigenvalue weighted by Gasteiger charge is 2.14. The van der Waals surface area contributed by atoms with E-state index < -0.39 is 16.1 Å². The first kappa shape index (κ1) is 18.6. The number of hydrogen-bond donors (Lipinski definition) is 0. The third kappa shape index (κ3) is 6.99. The minimum Gasteiger partial charge on any atom is -0.467 e. The highest BCUT2D eigenvalue weighted by molar-refractivity contribution is 7.86. The Labute approximate surface area is 130 Å². The zero-order chi connectivity index (χ0) is 16.4. The van der Waals surface area contributed by atoms with Gasteiger partial charge >= 0.3 is 5.97 Å². The number of rotatable bonds is 10. The predicted molar refractivity (Wildman–Crippen MR) is 78.0 cm³/mol. The lowest BCUT2D eigenvalue weighted by molar-refractivity contribution is -0.146. The zero-order valence-corrected chi connectivity index (χ0v) is 13.4. The van der Waals surface area contributed by atoms with Crippen molar-refractivity contribution in [1.29, 1.82) is 0 Å². The molecule has 124 valence electrons. The molecule has 0 unspecified atom stereocenters. The summed E-state index contributed by atoms with van der Waals surface area (Å²) in [5, 5.41) is 0. The van der Waals surface area contributed by atoms with Crippen molar-refractivity contribution in [3.8, 4) is 0 Å². The normalized spacial score (nSPS) is 11.4. The number of carbonyl (C=O) groups is 1. The van der Waals surface area contributed by atoms with Crippen molar-refractivity contribution in [3.63, 3.8) is 0 Å². The first-order valence-corrected chi connectivity index (χ1v) is 8.05. The fourth-order valence-corrected chi connectivity index (χ4v) is 2.30. The smallest absolute Gasteiger partial charge is 0.331 e. The van der Waals surface area contributed by atoms with Gasteiger partial charge in [0.1, 0.15) is 6.61 Å². The van der Waals surface area contributed by atoms with Crippen LogP contribution in [0, 0.1) is 6.92 Å². The molecule has 8 heteroatoms. The summed E-state index contributed by atoms with van der Waals surface area (Å²) in [5.74, 6) is -0.465. The van der Waals surface area contributed by atoms with Crippen molar-refractivity contribution < 1.29 is 31.6 Å². The monoisotopic (exact) mass is 332 g/mol. The number of carbonyl (C=O) groups excluding carboxylic acids is 1. The van der Waals surface area contributed by atoms with Crippen molar-refractivity contribution in [2.75, 3.05) is 40.1 Å². The second kappa shape index (κ2) is 9.52. The molecule has 0 saturated carbocycles. The third-order valence-electron chi connectivity index (χ3n) is 2.60. The van der Waals surface area contributed by atoms with Crippen molar-refractivity contribution in [2.45, 2.75) is 11.8 Å². The molecule has 0 aliphatic heterocycles. The SMILES string of the molecule is COC(=O)COCCOCCOS(=O)(=O)c1ccc(C)cc1. The highest BCUT2D eigenvalue weighted by Crippen LogP contribution is 2.12. The molecule has 0 N–H and O–H groups in total. The Hall–Kier alpha value is -1.48. The largest absolute Gasteiger partial charge is 0.467 e. The fourth-order valence-electron chi connectivity index (χ4n) is 1.41.